The minimum Gasteiger partial charge on any atom is -0.478 e. The SMILES string of the molecule is O=C(O)c1cc(-c2ccc(C(=O)O)c(C(=O)O)c2)ccc1CC(=O)N(Cc1ccccc1)Cc1ccc(Oc2ccccc2)cc1. The molecule has 0 unspecified atom stereocenters. The first kappa shape index (κ1) is 31.2. The molecule has 0 saturated heterocycles. The molecule has 3 N–H and O–H groups in total. The van der Waals surface area contributed by atoms with E-state index in [2.05, 4.69) is 0 Å². The van der Waals surface area contributed by atoms with Crippen LogP contribution in [0.2, 0.25) is 0 Å². The predicted octanol–water partition coefficient (Wildman–Crippen LogP) is 7.01. The number of hydrogen-bond donors (Lipinski definition) is 3. The Kier molecular flexibility index (Phi) is 9.53. The van der Waals surface area contributed by atoms with Crippen LogP contribution in [0.5, 0.6) is 11.5 Å². The normalized spacial score (nSPS) is 10.6. The van der Waals surface area contributed by atoms with Crippen LogP contribution < -0.4 is 4.74 Å². The van der Waals surface area contributed by atoms with E-state index in [9.17, 15) is 34.5 Å². The number of benzene rings is 5. The second-order valence-corrected chi connectivity index (χ2v) is 10.5. The van der Waals surface area contributed by atoms with Crippen LogP contribution in [0.3, 0.4) is 0 Å². The fraction of sp³-hybridized carbons (Fsp3) is 0.0811. The maximum atomic E-state index is 13.8. The largest absolute Gasteiger partial charge is 0.478 e. The molecule has 230 valence electrons. The molecular formula is C37H29NO8. The molecule has 0 heterocycles. The van der Waals surface area contributed by atoms with Gasteiger partial charge in [-0.1, -0.05) is 78.9 Å². The molecule has 9 heteroatoms. The number of nitrogens with zero attached hydrogens (tertiary/aromatic N) is 1. The summed E-state index contributed by atoms with van der Waals surface area (Å²) in [5.41, 5.74) is 1.83. The first-order valence-electron chi connectivity index (χ1n) is 14.3. The average molecular weight is 616 g/mol. The quantitative estimate of drug-likeness (QED) is 0.136. The highest BCUT2D eigenvalue weighted by Crippen LogP contribution is 2.27. The Morgan fingerprint density at radius 3 is 1.61 bits per heavy atom. The number of para-hydroxylation sites is 1. The molecule has 0 aliphatic rings. The first-order valence-corrected chi connectivity index (χ1v) is 14.3. The Morgan fingerprint density at radius 1 is 0.522 bits per heavy atom. The van der Waals surface area contributed by atoms with E-state index in [1.165, 1.54) is 30.3 Å². The zero-order chi connectivity index (χ0) is 32.6. The van der Waals surface area contributed by atoms with E-state index in [1.807, 2.05) is 84.9 Å². The van der Waals surface area contributed by atoms with Crippen LogP contribution in [0, 0.1) is 0 Å². The minimum atomic E-state index is -1.42. The van der Waals surface area contributed by atoms with Gasteiger partial charge in [0.25, 0.3) is 0 Å². The van der Waals surface area contributed by atoms with Gasteiger partial charge in [0.1, 0.15) is 11.5 Å². The molecule has 9 nitrogen and oxygen atoms in total. The van der Waals surface area contributed by atoms with E-state index in [-0.39, 0.29) is 35.6 Å². The van der Waals surface area contributed by atoms with E-state index >= 15 is 0 Å². The molecule has 0 atom stereocenters. The van der Waals surface area contributed by atoms with Crippen molar-refractivity contribution >= 4 is 23.8 Å². The van der Waals surface area contributed by atoms with Crippen molar-refractivity contribution in [1.29, 1.82) is 0 Å². The van der Waals surface area contributed by atoms with E-state index in [1.54, 1.807) is 11.0 Å². The van der Waals surface area contributed by atoms with E-state index in [4.69, 9.17) is 4.74 Å². The Labute approximate surface area is 264 Å². The van der Waals surface area contributed by atoms with Gasteiger partial charge in [-0.25, -0.2) is 14.4 Å². The van der Waals surface area contributed by atoms with Crippen molar-refractivity contribution in [2.24, 2.45) is 0 Å². The lowest BCUT2D eigenvalue weighted by atomic mass is 9.94. The van der Waals surface area contributed by atoms with E-state index < -0.39 is 23.5 Å². The van der Waals surface area contributed by atoms with Crippen LogP contribution in [0.15, 0.2) is 121 Å². The topological polar surface area (TPSA) is 141 Å². The van der Waals surface area contributed by atoms with Gasteiger partial charge in [0.2, 0.25) is 5.91 Å². The molecule has 0 aliphatic carbocycles. The summed E-state index contributed by atoms with van der Waals surface area (Å²) in [7, 11) is 0. The van der Waals surface area contributed by atoms with Gasteiger partial charge in [-0.15, -0.1) is 0 Å². The highest BCUT2D eigenvalue weighted by atomic mass is 16.5. The smallest absolute Gasteiger partial charge is 0.336 e. The van der Waals surface area contributed by atoms with Gasteiger partial charge in [-0.05, 0) is 70.3 Å². The highest BCUT2D eigenvalue weighted by molar-refractivity contribution is 6.03. The molecule has 0 bridgehead atoms. The molecule has 0 aromatic heterocycles. The van der Waals surface area contributed by atoms with E-state index in [0.717, 1.165) is 11.1 Å². The number of carboxylic acids is 3. The molecule has 0 aliphatic heterocycles. The molecule has 0 saturated carbocycles. The van der Waals surface area contributed by atoms with Gasteiger partial charge < -0.3 is 25.0 Å². The summed E-state index contributed by atoms with van der Waals surface area (Å²) in [5.74, 6) is -3.00. The molecule has 0 fully saturated rings. The molecule has 46 heavy (non-hydrogen) atoms. The Bertz CT molecular complexity index is 1890. The lowest BCUT2D eigenvalue weighted by Gasteiger charge is -2.24. The van der Waals surface area contributed by atoms with Gasteiger partial charge in [0.15, 0.2) is 0 Å². The number of amides is 1. The summed E-state index contributed by atoms with van der Waals surface area (Å²) in [6.07, 6.45) is -0.192. The third-order valence-corrected chi connectivity index (χ3v) is 7.34. The first-order chi connectivity index (χ1) is 22.2. The summed E-state index contributed by atoms with van der Waals surface area (Å²) in [6, 6.07) is 34.5. The van der Waals surface area contributed by atoms with Crippen LogP contribution in [0.1, 0.15) is 47.8 Å². The van der Waals surface area contributed by atoms with Crippen LogP contribution in [0.4, 0.5) is 0 Å². The standard InChI is InChI=1S/C37H29NO8/c39-34(21-28-14-13-26(19-32(28)36(42)43)27-15-18-31(35(40)41)33(20-27)37(44)45)38(22-24-7-3-1-4-8-24)23-25-11-16-30(17-12-25)46-29-9-5-2-6-10-29/h1-20H,21-23H2,(H,40,41)(H,42,43)(H,44,45). The molecule has 0 spiro atoms. The zero-order valence-corrected chi connectivity index (χ0v) is 24.5. The zero-order valence-electron chi connectivity index (χ0n) is 24.5. The number of carbonyl (C=O) groups is 4. The monoisotopic (exact) mass is 615 g/mol. The second kappa shape index (κ2) is 14.0. The lowest BCUT2D eigenvalue weighted by molar-refractivity contribution is -0.131. The van der Waals surface area contributed by atoms with Gasteiger partial charge in [0, 0.05) is 13.1 Å². The average Bonchev–Trinajstić information content (AvgIpc) is 3.06. The number of carbonyl (C=O) groups excluding carboxylic acids is 1. The van der Waals surface area contributed by atoms with Crippen molar-refractivity contribution in [2.45, 2.75) is 19.5 Å². The van der Waals surface area contributed by atoms with Crippen molar-refractivity contribution in [3.63, 3.8) is 0 Å². The third-order valence-electron chi connectivity index (χ3n) is 7.34. The van der Waals surface area contributed by atoms with Crippen LogP contribution >= 0.6 is 0 Å². The molecular weight excluding hydrogens is 586 g/mol. The minimum absolute atomic E-state index is 0.118. The van der Waals surface area contributed by atoms with Gasteiger partial charge in [-0.3, -0.25) is 4.79 Å². The van der Waals surface area contributed by atoms with Gasteiger partial charge in [0.05, 0.1) is 23.1 Å². The number of rotatable bonds is 12. The maximum absolute atomic E-state index is 13.8. The summed E-state index contributed by atoms with van der Waals surface area (Å²) in [6.45, 7) is 0.573. The fourth-order valence-electron chi connectivity index (χ4n) is 5.02. The summed E-state index contributed by atoms with van der Waals surface area (Å²) < 4.78 is 5.88. The third kappa shape index (κ3) is 7.64. The number of ether oxygens (including phenoxy) is 1. The molecule has 1 amide bonds. The molecule has 0 radical (unpaired) electrons. The molecule has 5 aromatic carbocycles. The maximum Gasteiger partial charge on any atom is 0.336 e. The summed E-state index contributed by atoms with van der Waals surface area (Å²) in [4.78, 5) is 50.9. The fourth-order valence-corrected chi connectivity index (χ4v) is 5.02. The van der Waals surface area contributed by atoms with Crippen LogP contribution in [-0.2, 0) is 24.3 Å². The van der Waals surface area contributed by atoms with Crippen molar-refractivity contribution in [3.05, 3.63) is 155 Å². The number of carboxylic acid groups (broad SMARTS) is 3. The highest BCUT2D eigenvalue weighted by Gasteiger charge is 2.21. The molecule has 5 rings (SSSR count). The van der Waals surface area contributed by atoms with Gasteiger partial charge >= 0.3 is 17.9 Å². The van der Waals surface area contributed by atoms with Crippen molar-refractivity contribution in [1.82, 2.24) is 4.90 Å². The van der Waals surface area contributed by atoms with Crippen molar-refractivity contribution < 1.29 is 39.2 Å². The Morgan fingerprint density at radius 2 is 1.02 bits per heavy atom. The van der Waals surface area contributed by atoms with Crippen molar-refractivity contribution in [2.75, 3.05) is 0 Å². The van der Waals surface area contributed by atoms with Crippen molar-refractivity contribution in [3.8, 4) is 22.6 Å². The Balaban J connectivity index is 1.39. The number of aromatic carboxylic acids is 3. The predicted molar refractivity (Wildman–Crippen MR) is 170 cm³/mol. The Hall–Kier alpha value is -6.22. The number of hydrogen-bond acceptors (Lipinski definition) is 5. The molecule has 5 aromatic rings. The lowest BCUT2D eigenvalue weighted by Crippen LogP contribution is -2.31. The summed E-state index contributed by atoms with van der Waals surface area (Å²) in [5, 5.41) is 28.9. The van der Waals surface area contributed by atoms with Gasteiger partial charge in [-0.2, -0.15) is 0 Å². The van der Waals surface area contributed by atoms with Crippen LogP contribution in [0.25, 0.3) is 11.1 Å². The van der Waals surface area contributed by atoms with Crippen LogP contribution in [-0.4, -0.2) is 44.0 Å². The summed E-state index contributed by atoms with van der Waals surface area (Å²) >= 11 is 0. The van der Waals surface area contributed by atoms with E-state index in [0.29, 0.717) is 29.2 Å². The second-order valence-electron chi connectivity index (χ2n) is 10.5.